The molecule has 0 saturated carbocycles. The standard InChI is InChI=1S/C17H16N4O4/c1-2-25-14-8-4-3-6-11(14)19-20-16-12(10-15(23)24)18-17-13(22)7-5-9-21(16)17/h3-9,22H,2,10H2,1H3,(H,23,24). The van der Waals surface area contributed by atoms with E-state index in [9.17, 15) is 9.90 Å². The number of carbonyl (C=O) groups is 1. The largest absolute Gasteiger partial charge is 0.504 e. The van der Waals surface area contributed by atoms with Gasteiger partial charge in [-0.1, -0.05) is 12.1 Å². The quantitative estimate of drug-likeness (QED) is 0.668. The van der Waals surface area contributed by atoms with Crippen molar-refractivity contribution in [2.75, 3.05) is 6.61 Å². The molecule has 2 N–H and O–H groups in total. The van der Waals surface area contributed by atoms with Gasteiger partial charge in [0.15, 0.2) is 17.2 Å². The number of para-hydroxylation sites is 1. The lowest BCUT2D eigenvalue weighted by molar-refractivity contribution is -0.136. The minimum Gasteiger partial charge on any atom is -0.504 e. The first-order valence-corrected chi connectivity index (χ1v) is 7.64. The molecule has 0 fully saturated rings. The van der Waals surface area contributed by atoms with Crippen LogP contribution in [0, 0.1) is 0 Å². The third-order valence-corrected chi connectivity index (χ3v) is 3.41. The molecule has 0 aliphatic heterocycles. The Bertz CT molecular complexity index is 949. The molecule has 25 heavy (non-hydrogen) atoms. The Balaban J connectivity index is 2.08. The average Bonchev–Trinajstić information content (AvgIpc) is 2.92. The van der Waals surface area contributed by atoms with Gasteiger partial charge in [0.1, 0.15) is 11.4 Å². The van der Waals surface area contributed by atoms with Gasteiger partial charge in [0.05, 0.1) is 18.7 Å². The molecule has 2 aromatic heterocycles. The van der Waals surface area contributed by atoms with E-state index in [1.165, 1.54) is 10.5 Å². The number of fused-ring (bicyclic) bond motifs is 1. The number of imidazole rings is 1. The van der Waals surface area contributed by atoms with Crippen LogP contribution in [0.1, 0.15) is 12.6 Å². The fraction of sp³-hybridized carbons (Fsp3) is 0.176. The third-order valence-electron chi connectivity index (χ3n) is 3.41. The summed E-state index contributed by atoms with van der Waals surface area (Å²) in [5, 5.41) is 27.4. The molecular formula is C17H16N4O4. The number of nitrogens with zero attached hydrogens (tertiary/aromatic N) is 4. The van der Waals surface area contributed by atoms with Crippen molar-refractivity contribution in [3.63, 3.8) is 0 Å². The predicted molar refractivity (Wildman–Crippen MR) is 90.0 cm³/mol. The molecule has 3 aromatic rings. The van der Waals surface area contributed by atoms with Gasteiger partial charge in [-0.3, -0.25) is 9.20 Å². The number of pyridine rings is 1. The zero-order valence-corrected chi connectivity index (χ0v) is 13.5. The number of hydrogen-bond acceptors (Lipinski definition) is 6. The molecule has 0 amide bonds. The maximum Gasteiger partial charge on any atom is 0.309 e. The molecule has 0 unspecified atom stereocenters. The van der Waals surface area contributed by atoms with Crippen LogP contribution in [0.4, 0.5) is 11.5 Å². The molecule has 0 aliphatic carbocycles. The van der Waals surface area contributed by atoms with Gasteiger partial charge in [0, 0.05) is 6.20 Å². The number of rotatable bonds is 6. The highest BCUT2D eigenvalue weighted by molar-refractivity contribution is 5.73. The van der Waals surface area contributed by atoms with Crippen molar-refractivity contribution in [1.29, 1.82) is 0 Å². The number of aromatic hydroxyl groups is 1. The van der Waals surface area contributed by atoms with Crippen LogP contribution >= 0.6 is 0 Å². The second-order valence-electron chi connectivity index (χ2n) is 5.14. The topological polar surface area (TPSA) is 109 Å². The van der Waals surface area contributed by atoms with E-state index in [2.05, 4.69) is 15.2 Å². The number of carboxylic acids is 1. The van der Waals surface area contributed by atoms with Gasteiger partial charge in [-0.15, -0.1) is 10.2 Å². The number of azo groups is 1. The molecule has 0 saturated heterocycles. The van der Waals surface area contributed by atoms with E-state index in [0.717, 1.165) is 0 Å². The van der Waals surface area contributed by atoms with E-state index in [-0.39, 0.29) is 29.3 Å². The Hall–Kier alpha value is -3.42. The minimum absolute atomic E-state index is 0.0645. The Kier molecular flexibility index (Phi) is 4.60. The van der Waals surface area contributed by atoms with Crippen molar-refractivity contribution in [3.8, 4) is 11.5 Å². The highest BCUT2D eigenvalue weighted by Crippen LogP contribution is 2.31. The summed E-state index contributed by atoms with van der Waals surface area (Å²) in [6, 6.07) is 10.2. The minimum atomic E-state index is -1.05. The van der Waals surface area contributed by atoms with Crippen LogP contribution in [0.25, 0.3) is 5.65 Å². The summed E-state index contributed by atoms with van der Waals surface area (Å²) < 4.78 is 7.00. The molecule has 0 bridgehead atoms. The first-order chi connectivity index (χ1) is 12.1. The van der Waals surface area contributed by atoms with Crippen molar-refractivity contribution in [2.45, 2.75) is 13.3 Å². The van der Waals surface area contributed by atoms with Crippen LogP contribution in [0.2, 0.25) is 0 Å². The van der Waals surface area contributed by atoms with Gasteiger partial charge >= 0.3 is 5.97 Å². The summed E-state index contributed by atoms with van der Waals surface area (Å²) in [5.41, 5.74) is 0.957. The Morgan fingerprint density at radius 3 is 2.80 bits per heavy atom. The molecule has 2 heterocycles. The second kappa shape index (κ2) is 7.00. The Morgan fingerprint density at radius 1 is 1.24 bits per heavy atom. The number of ether oxygens (including phenoxy) is 1. The van der Waals surface area contributed by atoms with E-state index in [4.69, 9.17) is 9.84 Å². The Morgan fingerprint density at radius 2 is 2.04 bits per heavy atom. The number of carboxylic acid groups (broad SMARTS) is 1. The first-order valence-electron chi connectivity index (χ1n) is 7.64. The monoisotopic (exact) mass is 340 g/mol. The lowest BCUT2D eigenvalue weighted by Crippen LogP contribution is -2.00. The van der Waals surface area contributed by atoms with Crippen LogP contribution in [0.3, 0.4) is 0 Å². The van der Waals surface area contributed by atoms with E-state index in [1.807, 2.05) is 13.0 Å². The van der Waals surface area contributed by atoms with Gasteiger partial charge in [-0.2, -0.15) is 0 Å². The molecule has 0 spiro atoms. The number of aliphatic carboxylic acids is 1. The second-order valence-corrected chi connectivity index (χ2v) is 5.14. The molecule has 0 atom stereocenters. The average molecular weight is 340 g/mol. The summed E-state index contributed by atoms with van der Waals surface area (Å²) in [4.78, 5) is 15.3. The van der Waals surface area contributed by atoms with Crippen LogP contribution in [0.15, 0.2) is 52.8 Å². The molecular weight excluding hydrogens is 324 g/mol. The Labute approximate surface area is 143 Å². The van der Waals surface area contributed by atoms with Crippen molar-refractivity contribution >= 4 is 23.1 Å². The van der Waals surface area contributed by atoms with Crippen LogP contribution in [-0.2, 0) is 11.2 Å². The van der Waals surface area contributed by atoms with Crippen LogP contribution < -0.4 is 4.74 Å². The smallest absolute Gasteiger partial charge is 0.309 e. The van der Waals surface area contributed by atoms with Crippen LogP contribution in [0.5, 0.6) is 11.5 Å². The number of hydrogen-bond donors (Lipinski definition) is 2. The lowest BCUT2D eigenvalue weighted by atomic mass is 10.3. The molecule has 3 rings (SSSR count). The summed E-state index contributed by atoms with van der Waals surface area (Å²) in [7, 11) is 0. The summed E-state index contributed by atoms with van der Waals surface area (Å²) in [5.74, 6) is -0.288. The van der Waals surface area contributed by atoms with Crippen molar-refractivity contribution in [1.82, 2.24) is 9.38 Å². The summed E-state index contributed by atoms with van der Waals surface area (Å²) in [6.45, 7) is 2.35. The van der Waals surface area contributed by atoms with Gasteiger partial charge in [-0.25, -0.2) is 4.98 Å². The van der Waals surface area contributed by atoms with E-state index >= 15 is 0 Å². The van der Waals surface area contributed by atoms with Crippen LogP contribution in [-0.4, -0.2) is 32.2 Å². The van der Waals surface area contributed by atoms with Gasteiger partial charge in [-0.05, 0) is 31.2 Å². The van der Waals surface area contributed by atoms with Crippen molar-refractivity contribution in [2.24, 2.45) is 10.2 Å². The highest BCUT2D eigenvalue weighted by Gasteiger charge is 2.17. The zero-order valence-electron chi connectivity index (χ0n) is 13.5. The molecule has 128 valence electrons. The lowest BCUT2D eigenvalue weighted by Gasteiger charge is -2.05. The fourth-order valence-corrected chi connectivity index (χ4v) is 2.37. The van der Waals surface area contributed by atoms with Crippen molar-refractivity contribution < 1.29 is 19.7 Å². The maximum absolute atomic E-state index is 11.1. The van der Waals surface area contributed by atoms with Gasteiger partial charge in [0.2, 0.25) is 0 Å². The fourth-order valence-electron chi connectivity index (χ4n) is 2.37. The SMILES string of the molecule is CCOc1ccccc1N=Nc1c(CC(=O)O)nc2c(O)cccn12. The number of benzene rings is 1. The van der Waals surface area contributed by atoms with Gasteiger partial charge in [0.25, 0.3) is 0 Å². The molecule has 0 aliphatic rings. The molecule has 1 aromatic carbocycles. The van der Waals surface area contributed by atoms with E-state index < -0.39 is 5.97 Å². The summed E-state index contributed by atoms with van der Waals surface area (Å²) in [6.07, 6.45) is 1.30. The van der Waals surface area contributed by atoms with Crippen molar-refractivity contribution in [3.05, 3.63) is 48.3 Å². The number of aromatic nitrogens is 2. The van der Waals surface area contributed by atoms with E-state index in [1.54, 1.807) is 30.5 Å². The highest BCUT2D eigenvalue weighted by atomic mass is 16.5. The molecule has 0 radical (unpaired) electrons. The zero-order chi connectivity index (χ0) is 17.8. The first kappa shape index (κ1) is 16.4. The summed E-state index contributed by atoms with van der Waals surface area (Å²) >= 11 is 0. The third kappa shape index (κ3) is 3.42. The van der Waals surface area contributed by atoms with E-state index in [0.29, 0.717) is 18.0 Å². The maximum atomic E-state index is 11.1. The van der Waals surface area contributed by atoms with Gasteiger partial charge < -0.3 is 14.9 Å². The predicted octanol–water partition coefficient (Wildman–Crippen LogP) is 3.48. The normalized spacial score (nSPS) is 11.2. The molecule has 8 heteroatoms. The molecule has 8 nitrogen and oxygen atoms in total.